The molecule has 2 aliphatic rings. The minimum atomic E-state index is -0.655. The van der Waals surface area contributed by atoms with Crippen LogP contribution in [0.3, 0.4) is 0 Å². The maximum Gasteiger partial charge on any atom is 0.269 e. The fraction of sp³-hybridized carbons (Fsp3) is 0.318. The van der Waals surface area contributed by atoms with Gasteiger partial charge in [0, 0.05) is 37.0 Å². The lowest BCUT2D eigenvalue weighted by molar-refractivity contribution is -0.136. The van der Waals surface area contributed by atoms with E-state index in [4.69, 9.17) is 11.5 Å². The van der Waals surface area contributed by atoms with E-state index in [0.717, 1.165) is 25.7 Å². The summed E-state index contributed by atoms with van der Waals surface area (Å²) < 4.78 is 3.53. The predicted octanol–water partition coefficient (Wildman–Crippen LogP) is 2.98. The molecule has 20 nitrogen and oxygen atoms in total. The molecular weight excluding hydrogens is 900 g/mol. The number of hydrogen-bond acceptors (Lipinski definition) is 12. The van der Waals surface area contributed by atoms with Gasteiger partial charge in [-0.2, -0.15) is 10.2 Å². The Labute approximate surface area is 382 Å². The third-order valence-electron chi connectivity index (χ3n) is 10.0. The van der Waals surface area contributed by atoms with Crippen LogP contribution in [0.15, 0.2) is 89.5 Å². The average molecular weight is 952 g/mol. The second-order valence-corrected chi connectivity index (χ2v) is 16.3. The highest BCUT2D eigenvalue weighted by atomic mass is 79.9. The summed E-state index contributed by atoms with van der Waals surface area (Å²) in [5.74, 6) is -0.915. The number of primary amides is 2. The summed E-state index contributed by atoms with van der Waals surface area (Å²) in [4.78, 5) is 88.2. The Morgan fingerprint density at radius 3 is 1.45 bits per heavy atom. The van der Waals surface area contributed by atoms with E-state index in [2.05, 4.69) is 52.0 Å². The molecule has 21 heteroatoms. The Kier molecular flexibility index (Phi) is 15.6. The molecule has 2 saturated carbocycles. The highest BCUT2D eigenvalue weighted by Gasteiger charge is 2.35. The van der Waals surface area contributed by atoms with Gasteiger partial charge in [-0.1, -0.05) is 48.5 Å². The zero-order valence-electron chi connectivity index (χ0n) is 36.4. The Hall–Kier alpha value is -7.26. The number of nitrogens with zero attached hydrogens (tertiary/aromatic N) is 9. The molecule has 0 atom stereocenters. The molecular formula is C44H51BrN14O6. The third-order valence-corrected chi connectivity index (χ3v) is 10.5. The van der Waals surface area contributed by atoms with Gasteiger partial charge in [-0.05, 0) is 92.1 Å². The highest BCUT2D eigenvalue weighted by molar-refractivity contribution is 9.10. The molecule has 4 aromatic heterocycles. The Balaban J connectivity index is 0.000000204. The van der Waals surface area contributed by atoms with E-state index >= 15 is 0 Å². The van der Waals surface area contributed by atoms with Crippen molar-refractivity contribution >= 4 is 90.6 Å². The number of para-hydroxylation sites is 2. The molecule has 340 valence electrons. The number of carbonyl (C=O) groups is 6. The minimum absolute atomic E-state index is 0.0201. The van der Waals surface area contributed by atoms with Crippen molar-refractivity contribution in [1.82, 2.24) is 44.6 Å². The lowest BCUT2D eigenvalue weighted by Gasteiger charge is -2.22. The van der Waals surface area contributed by atoms with Crippen LogP contribution in [0, 0.1) is 0 Å². The van der Waals surface area contributed by atoms with Crippen molar-refractivity contribution < 1.29 is 28.8 Å². The molecule has 0 bridgehead atoms. The molecule has 8 rings (SSSR count). The Morgan fingerprint density at radius 1 is 0.631 bits per heavy atom. The third kappa shape index (κ3) is 12.5. The molecule has 0 radical (unpaired) electrons. The van der Waals surface area contributed by atoms with Crippen LogP contribution in [-0.2, 0) is 32.3 Å². The number of nitrogens with one attached hydrogen (secondary N) is 3. The number of carbonyl (C=O) groups excluding carboxylic acids is 6. The summed E-state index contributed by atoms with van der Waals surface area (Å²) in [7, 11) is 7.48. The number of rotatable bonds is 15. The van der Waals surface area contributed by atoms with Gasteiger partial charge < -0.3 is 42.1 Å². The van der Waals surface area contributed by atoms with Crippen LogP contribution >= 0.6 is 15.9 Å². The van der Waals surface area contributed by atoms with E-state index in [9.17, 15) is 28.8 Å². The van der Waals surface area contributed by atoms with Crippen molar-refractivity contribution in [3.8, 4) is 0 Å². The zero-order valence-corrected chi connectivity index (χ0v) is 38.0. The first-order chi connectivity index (χ1) is 31.2. The molecule has 0 unspecified atom stereocenters. The van der Waals surface area contributed by atoms with Crippen molar-refractivity contribution in [2.75, 3.05) is 56.8 Å². The van der Waals surface area contributed by atoms with Crippen molar-refractivity contribution in [3.63, 3.8) is 0 Å². The number of halogens is 1. The molecule has 4 heterocycles. The quantitative estimate of drug-likeness (QED) is 0.0932. The van der Waals surface area contributed by atoms with Gasteiger partial charge in [0.25, 0.3) is 11.8 Å². The summed E-state index contributed by atoms with van der Waals surface area (Å²) in [6.07, 6.45) is 3.39. The lowest BCUT2D eigenvalue weighted by Crippen LogP contribution is -2.41. The van der Waals surface area contributed by atoms with Gasteiger partial charge in [-0.15, -0.1) is 0 Å². The van der Waals surface area contributed by atoms with E-state index in [1.165, 1.54) is 9.36 Å². The van der Waals surface area contributed by atoms with Crippen LogP contribution in [0.1, 0.15) is 46.7 Å². The normalized spacial score (nSPS) is 12.8. The number of nitrogens with two attached hydrogens (primary N) is 2. The molecule has 6 aromatic rings. The number of aromatic nitrogens is 6. The number of benzene rings is 2. The standard InChI is InChI=1S/C22H25N7O3.C20H19BrN6O3.C2H7N/c1-27(2)18-9-5-8-17(24-18)25-19(30)12-28(14-10-11-14)20(31)13-29-16-7-4-3-6-15(16)21(26-29)22(23)32;21-15-6-3-7-16(23-15)24-17(28)10-26(12-8-9-12)18(29)11-27-14-5-2-1-4-13(14)19(25-27)20(22)30;1-3-2/h3-9,14H,10-13H2,1-2H3,(H2,23,32)(H,24,25,30);1-7,12H,8-11H2,(H2,22,30)(H,23,24,28);3H,1-2H3. The van der Waals surface area contributed by atoms with E-state index < -0.39 is 11.8 Å². The van der Waals surface area contributed by atoms with Crippen LogP contribution in [-0.4, -0.2) is 128 Å². The largest absolute Gasteiger partial charge is 0.364 e. The van der Waals surface area contributed by atoms with Gasteiger partial charge in [0.1, 0.15) is 48.2 Å². The number of pyridine rings is 2. The predicted molar refractivity (Wildman–Crippen MR) is 249 cm³/mol. The Bertz CT molecular complexity index is 2710. The first-order valence-corrected chi connectivity index (χ1v) is 21.5. The van der Waals surface area contributed by atoms with Gasteiger partial charge in [-0.25, -0.2) is 9.97 Å². The second kappa shape index (κ2) is 21.4. The van der Waals surface area contributed by atoms with Gasteiger partial charge in [0.2, 0.25) is 23.6 Å². The molecule has 65 heavy (non-hydrogen) atoms. The molecule has 2 aliphatic carbocycles. The summed E-state index contributed by atoms with van der Waals surface area (Å²) in [5.41, 5.74) is 12.4. The molecule has 0 spiro atoms. The van der Waals surface area contributed by atoms with Crippen molar-refractivity contribution in [2.45, 2.75) is 50.9 Å². The molecule has 6 amide bonds. The van der Waals surface area contributed by atoms with Crippen molar-refractivity contribution in [1.29, 1.82) is 0 Å². The first-order valence-electron chi connectivity index (χ1n) is 20.7. The topological polar surface area (TPSA) is 262 Å². The molecule has 7 N–H and O–H groups in total. The first kappa shape index (κ1) is 47.2. The monoisotopic (exact) mass is 950 g/mol. The zero-order chi connectivity index (χ0) is 46.8. The highest BCUT2D eigenvalue weighted by Crippen LogP contribution is 2.29. The number of anilines is 3. The number of hydrogen-bond donors (Lipinski definition) is 5. The summed E-state index contributed by atoms with van der Waals surface area (Å²) in [6.45, 7) is -0.350. The summed E-state index contributed by atoms with van der Waals surface area (Å²) in [6, 6.07) is 24.8. The lowest BCUT2D eigenvalue weighted by atomic mass is 10.2. The van der Waals surface area contributed by atoms with E-state index in [1.54, 1.807) is 88.7 Å². The van der Waals surface area contributed by atoms with Crippen LogP contribution in [0.2, 0.25) is 0 Å². The summed E-state index contributed by atoms with van der Waals surface area (Å²) >= 11 is 3.26. The van der Waals surface area contributed by atoms with Crippen molar-refractivity contribution in [3.05, 3.63) is 101 Å². The van der Waals surface area contributed by atoms with E-state index in [1.807, 2.05) is 39.2 Å². The smallest absolute Gasteiger partial charge is 0.269 e. The van der Waals surface area contributed by atoms with Gasteiger partial charge in [0.15, 0.2) is 11.4 Å². The number of fused-ring (bicyclic) bond motifs is 2. The van der Waals surface area contributed by atoms with Crippen LogP contribution in [0.25, 0.3) is 21.8 Å². The van der Waals surface area contributed by atoms with Crippen molar-refractivity contribution in [2.24, 2.45) is 11.5 Å². The maximum absolute atomic E-state index is 13.1. The van der Waals surface area contributed by atoms with Gasteiger partial charge in [0.05, 0.1) is 11.0 Å². The van der Waals surface area contributed by atoms with Crippen LogP contribution in [0.4, 0.5) is 17.5 Å². The molecule has 0 aliphatic heterocycles. The van der Waals surface area contributed by atoms with Gasteiger partial charge in [-0.3, -0.25) is 38.1 Å². The number of amides is 6. The SMILES string of the molecule is CN(C)c1cccc(NC(=O)CN(C(=O)Cn2nc(C(N)=O)c3ccccc32)C2CC2)n1.CNC.NC(=O)c1nn(CC(=O)N(CC(=O)Nc2cccc(Br)n2)C2CC2)c2ccccc12. The van der Waals surface area contributed by atoms with Gasteiger partial charge >= 0.3 is 0 Å². The van der Waals surface area contributed by atoms with E-state index in [0.29, 0.717) is 43.9 Å². The molecule has 0 saturated heterocycles. The average Bonchev–Trinajstić information content (AvgIpc) is 4.22. The Morgan fingerprint density at radius 2 is 1.05 bits per heavy atom. The molecule has 2 aromatic carbocycles. The molecule has 2 fully saturated rings. The summed E-state index contributed by atoms with van der Waals surface area (Å²) in [5, 5.41) is 17.9. The fourth-order valence-electron chi connectivity index (χ4n) is 6.81. The second-order valence-electron chi connectivity index (χ2n) is 15.5. The van der Waals surface area contributed by atoms with Crippen LogP contribution in [0.5, 0.6) is 0 Å². The van der Waals surface area contributed by atoms with Crippen LogP contribution < -0.4 is 32.3 Å². The minimum Gasteiger partial charge on any atom is -0.364 e. The fourth-order valence-corrected chi connectivity index (χ4v) is 7.15. The van der Waals surface area contributed by atoms with E-state index in [-0.39, 0.29) is 73.3 Å². The maximum atomic E-state index is 13.1.